The smallest absolute Gasteiger partial charge is 0.310 e. The van der Waals surface area contributed by atoms with E-state index in [1.165, 1.54) is 32.1 Å². The minimum absolute atomic E-state index is 0.119. The van der Waals surface area contributed by atoms with Crippen molar-refractivity contribution >= 4 is 11.9 Å². The summed E-state index contributed by atoms with van der Waals surface area (Å²) in [5.41, 5.74) is 1.79. The van der Waals surface area contributed by atoms with Crippen molar-refractivity contribution in [3.8, 4) is 0 Å². The maximum Gasteiger partial charge on any atom is 0.310 e. The van der Waals surface area contributed by atoms with E-state index in [1.54, 1.807) is 13.8 Å². The van der Waals surface area contributed by atoms with Crippen molar-refractivity contribution in [2.45, 2.75) is 65.8 Å². The molecule has 0 saturated heterocycles. The molecule has 0 bridgehead atoms. The zero-order valence-electron chi connectivity index (χ0n) is 14.6. The molecule has 1 aromatic heterocycles. The molecule has 1 saturated carbocycles. The monoisotopic (exact) mass is 320 g/mol. The van der Waals surface area contributed by atoms with Crippen LogP contribution in [0.5, 0.6) is 0 Å². The molecule has 5 heteroatoms. The third kappa shape index (κ3) is 3.77. The van der Waals surface area contributed by atoms with Gasteiger partial charge in [-0.2, -0.15) is 0 Å². The van der Waals surface area contributed by atoms with E-state index in [-0.39, 0.29) is 12.5 Å². The van der Waals surface area contributed by atoms with Crippen molar-refractivity contribution in [1.82, 2.24) is 9.88 Å². The number of hydrogen-bond acceptors (Lipinski definition) is 2. The molecule has 0 unspecified atom stereocenters. The van der Waals surface area contributed by atoms with Crippen LogP contribution in [0.15, 0.2) is 6.07 Å². The summed E-state index contributed by atoms with van der Waals surface area (Å²) < 4.78 is 2.29. The molecule has 1 heterocycles. The largest absolute Gasteiger partial charge is 0.481 e. The molecule has 0 radical (unpaired) electrons. The molecular weight excluding hydrogens is 292 g/mol. The molecule has 1 aliphatic carbocycles. The summed E-state index contributed by atoms with van der Waals surface area (Å²) in [4.78, 5) is 23.6. The van der Waals surface area contributed by atoms with Crippen LogP contribution < -0.4 is 5.32 Å². The lowest BCUT2D eigenvalue weighted by Crippen LogP contribution is -2.39. The molecule has 0 aliphatic heterocycles. The summed E-state index contributed by atoms with van der Waals surface area (Å²) in [5, 5.41) is 11.9. The van der Waals surface area contributed by atoms with E-state index in [9.17, 15) is 9.59 Å². The molecule has 0 atom stereocenters. The number of aromatic nitrogens is 1. The highest BCUT2D eigenvalue weighted by atomic mass is 16.4. The number of carbonyl (C=O) groups is 2. The van der Waals surface area contributed by atoms with Gasteiger partial charge in [-0.3, -0.25) is 9.59 Å². The number of amides is 1. The van der Waals surface area contributed by atoms with Crippen LogP contribution >= 0.6 is 0 Å². The fraction of sp³-hybridized carbons (Fsp3) is 0.667. The maximum atomic E-state index is 12.5. The fourth-order valence-electron chi connectivity index (χ4n) is 3.38. The molecule has 0 spiro atoms. The Balaban J connectivity index is 2.14. The molecule has 2 N–H and O–H groups in total. The fourth-order valence-corrected chi connectivity index (χ4v) is 3.38. The summed E-state index contributed by atoms with van der Waals surface area (Å²) in [7, 11) is 0. The molecular formula is C18H28N2O3. The first-order chi connectivity index (χ1) is 10.7. The van der Waals surface area contributed by atoms with Gasteiger partial charge in [-0.05, 0) is 46.6 Å². The van der Waals surface area contributed by atoms with Gasteiger partial charge in [0.05, 0.1) is 11.0 Å². The Bertz CT molecular complexity index is 596. The number of hydrogen-bond donors (Lipinski definition) is 2. The van der Waals surface area contributed by atoms with Gasteiger partial charge >= 0.3 is 5.97 Å². The summed E-state index contributed by atoms with van der Waals surface area (Å²) in [5.74, 6) is -1.10. The van der Waals surface area contributed by atoms with Crippen LogP contribution in [0.3, 0.4) is 0 Å². The van der Waals surface area contributed by atoms with Crippen molar-refractivity contribution < 1.29 is 14.7 Å². The number of carboxylic acids is 1. The van der Waals surface area contributed by atoms with Crippen molar-refractivity contribution in [3.63, 3.8) is 0 Å². The highest BCUT2D eigenvalue weighted by molar-refractivity contribution is 5.96. The Morgan fingerprint density at radius 1 is 1.26 bits per heavy atom. The average Bonchev–Trinajstić information content (AvgIpc) is 2.80. The summed E-state index contributed by atoms with van der Waals surface area (Å²) >= 11 is 0. The lowest BCUT2D eigenvalue weighted by molar-refractivity contribution is -0.146. The van der Waals surface area contributed by atoms with E-state index < -0.39 is 11.4 Å². The molecule has 1 aliphatic rings. The van der Waals surface area contributed by atoms with Crippen molar-refractivity contribution in [1.29, 1.82) is 0 Å². The first-order valence-corrected chi connectivity index (χ1v) is 8.44. The zero-order chi connectivity index (χ0) is 17.2. The molecule has 1 fully saturated rings. The van der Waals surface area contributed by atoms with Crippen LogP contribution in [-0.4, -0.2) is 28.1 Å². The van der Waals surface area contributed by atoms with Gasteiger partial charge in [-0.25, -0.2) is 0 Å². The summed E-state index contributed by atoms with van der Waals surface area (Å²) in [6.45, 7) is 7.37. The quantitative estimate of drug-likeness (QED) is 0.873. The van der Waals surface area contributed by atoms with Gasteiger partial charge in [-0.1, -0.05) is 19.3 Å². The molecule has 1 aromatic rings. The van der Waals surface area contributed by atoms with E-state index >= 15 is 0 Å². The zero-order valence-corrected chi connectivity index (χ0v) is 14.6. The van der Waals surface area contributed by atoms with Gasteiger partial charge in [0.15, 0.2) is 0 Å². The Morgan fingerprint density at radius 2 is 1.87 bits per heavy atom. The minimum Gasteiger partial charge on any atom is -0.481 e. The average molecular weight is 320 g/mol. The van der Waals surface area contributed by atoms with E-state index in [4.69, 9.17) is 5.11 Å². The van der Waals surface area contributed by atoms with Crippen LogP contribution in [-0.2, 0) is 4.79 Å². The number of carboxylic acid groups (broad SMARTS) is 1. The standard InChI is InChI=1S/C18H28N2O3/c1-12-10-15(16(21)19-11-18(3,4)17(22)23)13(2)20(12)14-8-6-5-7-9-14/h10,14H,5-9,11H2,1-4H3,(H,19,21)(H,22,23). The van der Waals surface area contributed by atoms with Crippen LogP contribution in [0.2, 0.25) is 0 Å². The maximum absolute atomic E-state index is 12.5. The Hall–Kier alpha value is -1.78. The van der Waals surface area contributed by atoms with Crippen molar-refractivity contribution in [2.75, 3.05) is 6.54 Å². The van der Waals surface area contributed by atoms with Gasteiger partial charge in [-0.15, -0.1) is 0 Å². The first kappa shape index (κ1) is 17.6. The van der Waals surface area contributed by atoms with Crippen LogP contribution in [0.25, 0.3) is 0 Å². The topological polar surface area (TPSA) is 71.3 Å². The van der Waals surface area contributed by atoms with E-state index in [0.29, 0.717) is 11.6 Å². The van der Waals surface area contributed by atoms with Crippen LogP contribution in [0.4, 0.5) is 0 Å². The predicted octanol–water partition coefficient (Wildman–Crippen LogP) is 3.45. The number of rotatable bonds is 5. The third-order valence-electron chi connectivity index (χ3n) is 4.94. The Labute approximate surface area is 138 Å². The van der Waals surface area contributed by atoms with Gasteiger partial charge in [0.1, 0.15) is 0 Å². The number of nitrogens with zero attached hydrogens (tertiary/aromatic N) is 1. The molecule has 5 nitrogen and oxygen atoms in total. The predicted molar refractivity (Wildman–Crippen MR) is 89.8 cm³/mol. The van der Waals surface area contributed by atoms with Crippen LogP contribution in [0, 0.1) is 19.3 Å². The number of carbonyl (C=O) groups excluding carboxylic acids is 1. The van der Waals surface area contributed by atoms with Crippen LogP contribution in [0.1, 0.15) is 73.7 Å². The first-order valence-electron chi connectivity index (χ1n) is 8.44. The second-order valence-electron chi connectivity index (χ2n) is 7.32. The van der Waals surface area contributed by atoms with Gasteiger partial charge < -0.3 is 15.0 Å². The molecule has 0 aromatic carbocycles. The van der Waals surface area contributed by atoms with Crippen molar-refractivity contribution in [2.24, 2.45) is 5.41 Å². The van der Waals surface area contributed by atoms with Gasteiger partial charge in [0, 0.05) is 24.0 Å². The van der Waals surface area contributed by atoms with E-state index in [0.717, 1.165) is 11.4 Å². The summed E-state index contributed by atoms with van der Waals surface area (Å²) in [6.07, 6.45) is 6.13. The van der Waals surface area contributed by atoms with E-state index in [2.05, 4.69) is 9.88 Å². The highest BCUT2D eigenvalue weighted by Crippen LogP contribution is 2.32. The normalized spacial score (nSPS) is 16.3. The molecule has 23 heavy (non-hydrogen) atoms. The Morgan fingerprint density at radius 3 is 2.43 bits per heavy atom. The third-order valence-corrected chi connectivity index (χ3v) is 4.94. The lowest BCUT2D eigenvalue weighted by Gasteiger charge is -2.26. The number of aryl methyl sites for hydroxylation is 1. The molecule has 1 amide bonds. The minimum atomic E-state index is -0.968. The van der Waals surface area contributed by atoms with Gasteiger partial charge in [0.2, 0.25) is 0 Å². The van der Waals surface area contributed by atoms with E-state index in [1.807, 2.05) is 19.9 Å². The number of aliphatic carboxylic acids is 1. The SMILES string of the molecule is Cc1cc(C(=O)NCC(C)(C)C(=O)O)c(C)n1C1CCCCC1. The number of nitrogens with one attached hydrogen (secondary N) is 1. The second-order valence-corrected chi connectivity index (χ2v) is 7.32. The Kier molecular flexibility index (Phi) is 5.17. The lowest BCUT2D eigenvalue weighted by atomic mass is 9.94. The molecule has 128 valence electrons. The highest BCUT2D eigenvalue weighted by Gasteiger charge is 2.29. The van der Waals surface area contributed by atoms with Gasteiger partial charge in [0.25, 0.3) is 5.91 Å². The second kappa shape index (κ2) is 6.77. The summed E-state index contributed by atoms with van der Waals surface area (Å²) in [6, 6.07) is 2.41. The van der Waals surface area contributed by atoms with Crippen molar-refractivity contribution in [3.05, 3.63) is 23.0 Å². The molecule has 2 rings (SSSR count).